The Hall–Kier alpha value is -5.06. The fourth-order valence-corrected chi connectivity index (χ4v) is 4.77. The zero-order valence-corrected chi connectivity index (χ0v) is 24.1. The number of aryl methyl sites for hydroxylation is 1. The highest BCUT2D eigenvalue weighted by Gasteiger charge is 2.37. The smallest absolute Gasteiger partial charge is 0.416 e. The van der Waals surface area contributed by atoms with Crippen molar-refractivity contribution in [1.29, 1.82) is 0 Å². The number of allylic oxidation sites excluding steroid dienone is 1. The van der Waals surface area contributed by atoms with E-state index in [1.165, 1.54) is 24.3 Å². The van der Waals surface area contributed by atoms with Gasteiger partial charge in [-0.1, -0.05) is 54.6 Å². The summed E-state index contributed by atoms with van der Waals surface area (Å²) >= 11 is 0. The molecular formula is C35H28F6O5. The van der Waals surface area contributed by atoms with Crippen LogP contribution in [0.1, 0.15) is 60.5 Å². The maximum absolute atomic E-state index is 13.3. The SMILES string of the molecule is O=C(O)c1ccc(CCC(/C=C/c2ccccc2OCc2cc(C(F)(F)F)cc(C(F)(F)F)c2)Cc2ccc(C(=O)O)cc2)cc1. The number of aromatic carboxylic acids is 2. The molecule has 2 N–H and O–H groups in total. The molecule has 240 valence electrons. The van der Waals surface area contributed by atoms with Gasteiger partial charge in [0.15, 0.2) is 0 Å². The molecular weight excluding hydrogens is 614 g/mol. The number of benzene rings is 4. The molecule has 0 bridgehead atoms. The van der Waals surface area contributed by atoms with E-state index in [0.29, 0.717) is 37.0 Å². The molecule has 0 aliphatic carbocycles. The number of rotatable bonds is 12. The lowest BCUT2D eigenvalue weighted by Gasteiger charge is -2.16. The van der Waals surface area contributed by atoms with Gasteiger partial charge in [0, 0.05) is 5.56 Å². The molecule has 4 rings (SSSR count). The number of hydrogen-bond donors (Lipinski definition) is 2. The number of carboxylic acids is 2. The van der Waals surface area contributed by atoms with Crippen molar-refractivity contribution in [1.82, 2.24) is 0 Å². The van der Waals surface area contributed by atoms with Crippen LogP contribution < -0.4 is 4.74 Å². The highest BCUT2D eigenvalue weighted by atomic mass is 19.4. The van der Waals surface area contributed by atoms with Crippen molar-refractivity contribution in [2.24, 2.45) is 5.92 Å². The van der Waals surface area contributed by atoms with Crippen LogP contribution in [0.2, 0.25) is 0 Å². The van der Waals surface area contributed by atoms with Gasteiger partial charge in [0.2, 0.25) is 0 Å². The molecule has 0 saturated carbocycles. The third-order valence-corrected chi connectivity index (χ3v) is 7.21. The van der Waals surface area contributed by atoms with Crippen LogP contribution in [0.3, 0.4) is 0 Å². The maximum Gasteiger partial charge on any atom is 0.416 e. The summed E-state index contributed by atoms with van der Waals surface area (Å²) in [6.07, 6.45) is -4.54. The van der Waals surface area contributed by atoms with Crippen molar-refractivity contribution >= 4 is 18.0 Å². The van der Waals surface area contributed by atoms with Crippen molar-refractivity contribution < 1.29 is 50.9 Å². The van der Waals surface area contributed by atoms with Crippen LogP contribution in [0.25, 0.3) is 6.08 Å². The Bertz CT molecular complexity index is 1660. The van der Waals surface area contributed by atoms with Gasteiger partial charge in [0.1, 0.15) is 12.4 Å². The average molecular weight is 643 g/mol. The maximum atomic E-state index is 13.3. The van der Waals surface area contributed by atoms with Crippen LogP contribution in [0.4, 0.5) is 26.3 Å². The Morgan fingerprint density at radius 3 is 1.74 bits per heavy atom. The number of alkyl halides is 6. The molecule has 0 radical (unpaired) electrons. The first-order chi connectivity index (χ1) is 21.7. The topological polar surface area (TPSA) is 83.8 Å². The second-order valence-corrected chi connectivity index (χ2v) is 10.6. The summed E-state index contributed by atoms with van der Waals surface area (Å²) in [6, 6.07) is 20.8. The van der Waals surface area contributed by atoms with E-state index in [-0.39, 0.29) is 34.4 Å². The number of hydrogen-bond acceptors (Lipinski definition) is 3. The first-order valence-electron chi connectivity index (χ1n) is 14.0. The Balaban J connectivity index is 1.55. The van der Waals surface area contributed by atoms with E-state index < -0.39 is 42.0 Å². The third kappa shape index (κ3) is 9.47. The molecule has 1 atom stereocenters. The van der Waals surface area contributed by atoms with E-state index in [2.05, 4.69) is 0 Å². The lowest BCUT2D eigenvalue weighted by atomic mass is 9.91. The molecule has 4 aromatic rings. The lowest BCUT2D eigenvalue weighted by molar-refractivity contribution is -0.143. The number of carbonyl (C=O) groups is 2. The summed E-state index contributed by atoms with van der Waals surface area (Å²) in [5, 5.41) is 18.4. The van der Waals surface area contributed by atoms with Crippen LogP contribution in [-0.4, -0.2) is 22.2 Å². The molecule has 11 heteroatoms. The average Bonchev–Trinajstić information content (AvgIpc) is 3.01. The molecule has 1 unspecified atom stereocenters. The molecule has 0 fully saturated rings. The van der Waals surface area contributed by atoms with Gasteiger partial charge in [0.05, 0.1) is 22.3 Å². The Morgan fingerprint density at radius 2 is 1.22 bits per heavy atom. The minimum atomic E-state index is -4.97. The molecule has 0 aliphatic rings. The summed E-state index contributed by atoms with van der Waals surface area (Å²) in [4.78, 5) is 22.4. The summed E-state index contributed by atoms with van der Waals surface area (Å²) in [5.41, 5.74) is -0.515. The van der Waals surface area contributed by atoms with Crippen molar-refractivity contribution in [2.45, 2.75) is 38.2 Å². The molecule has 0 heterocycles. The standard InChI is InChI=1S/C35H28F6O5/c36-34(37,38)29-18-25(19-30(20-29)35(39,40)41)21-46-31-4-2-1-3-26(31)12-9-23(17-24-10-15-28(16-11-24)33(44)45)6-5-22-7-13-27(14-8-22)32(42)43/h1-4,7-16,18-20,23H,5-6,17,21H2,(H,42,43)(H,44,45)/b12-9+. The summed E-state index contributed by atoms with van der Waals surface area (Å²) < 4.78 is 85.5. The fraction of sp³-hybridized carbons (Fsp3) is 0.200. The lowest BCUT2D eigenvalue weighted by Crippen LogP contribution is -2.12. The zero-order chi connectivity index (χ0) is 33.5. The Kier molecular flexibility index (Phi) is 10.6. The van der Waals surface area contributed by atoms with Gasteiger partial charge >= 0.3 is 24.3 Å². The molecule has 0 spiro atoms. The molecule has 5 nitrogen and oxygen atoms in total. The van der Waals surface area contributed by atoms with Gasteiger partial charge in [-0.3, -0.25) is 0 Å². The molecule has 4 aromatic carbocycles. The Morgan fingerprint density at radius 1 is 0.696 bits per heavy atom. The number of halogens is 6. The molecule has 0 aromatic heterocycles. The zero-order valence-electron chi connectivity index (χ0n) is 24.1. The van der Waals surface area contributed by atoms with Crippen molar-refractivity contribution in [2.75, 3.05) is 0 Å². The highest BCUT2D eigenvalue weighted by molar-refractivity contribution is 5.88. The van der Waals surface area contributed by atoms with E-state index in [1.54, 1.807) is 54.6 Å². The summed E-state index contributed by atoms with van der Waals surface area (Å²) in [5.74, 6) is -1.93. The van der Waals surface area contributed by atoms with E-state index in [9.17, 15) is 41.0 Å². The van der Waals surface area contributed by atoms with Gasteiger partial charge in [-0.05, 0) is 90.4 Å². The highest BCUT2D eigenvalue weighted by Crippen LogP contribution is 2.36. The molecule has 0 saturated heterocycles. The summed E-state index contributed by atoms with van der Waals surface area (Å²) in [7, 11) is 0. The Labute approximate surface area is 260 Å². The third-order valence-electron chi connectivity index (χ3n) is 7.21. The largest absolute Gasteiger partial charge is 0.488 e. The normalized spacial score (nSPS) is 12.7. The first kappa shape index (κ1) is 33.8. The van der Waals surface area contributed by atoms with Crippen LogP contribution in [-0.2, 0) is 31.8 Å². The fourth-order valence-electron chi connectivity index (χ4n) is 4.77. The van der Waals surface area contributed by atoms with E-state index >= 15 is 0 Å². The van der Waals surface area contributed by atoms with Crippen LogP contribution in [0.5, 0.6) is 5.75 Å². The van der Waals surface area contributed by atoms with Gasteiger partial charge in [-0.2, -0.15) is 26.3 Å². The van der Waals surface area contributed by atoms with E-state index in [0.717, 1.165) is 11.1 Å². The second-order valence-electron chi connectivity index (χ2n) is 10.6. The summed E-state index contributed by atoms with van der Waals surface area (Å²) in [6.45, 7) is -0.538. The van der Waals surface area contributed by atoms with Gasteiger partial charge < -0.3 is 14.9 Å². The minimum Gasteiger partial charge on any atom is -0.488 e. The van der Waals surface area contributed by atoms with Crippen LogP contribution >= 0.6 is 0 Å². The predicted molar refractivity (Wildman–Crippen MR) is 159 cm³/mol. The number of carboxylic acid groups (broad SMARTS) is 2. The molecule has 0 aliphatic heterocycles. The van der Waals surface area contributed by atoms with Gasteiger partial charge in [-0.15, -0.1) is 0 Å². The monoisotopic (exact) mass is 642 g/mol. The van der Waals surface area contributed by atoms with Crippen molar-refractivity contribution in [3.05, 3.63) is 142 Å². The van der Waals surface area contributed by atoms with Crippen molar-refractivity contribution in [3.63, 3.8) is 0 Å². The minimum absolute atomic E-state index is 0.0655. The van der Waals surface area contributed by atoms with Gasteiger partial charge in [-0.25, -0.2) is 9.59 Å². The number of ether oxygens (including phenoxy) is 1. The molecule has 0 amide bonds. The van der Waals surface area contributed by atoms with Crippen molar-refractivity contribution in [3.8, 4) is 5.75 Å². The second kappa shape index (κ2) is 14.4. The predicted octanol–water partition coefficient (Wildman–Crippen LogP) is 9.20. The first-order valence-corrected chi connectivity index (χ1v) is 14.0. The van der Waals surface area contributed by atoms with Gasteiger partial charge in [0.25, 0.3) is 0 Å². The van der Waals surface area contributed by atoms with E-state index in [4.69, 9.17) is 9.84 Å². The quantitative estimate of drug-likeness (QED) is 0.151. The van der Waals surface area contributed by atoms with Crippen LogP contribution in [0.15, 0.2) is 97.1 Å². The van der Waals surface area contributed by atoms with E-state index in [1.807, 2.05) is 6.08 Å². The molecule has 46 heavy (non-hydrogen) atoms. The number of para-hydroxylation sites is 1. The van der Waals surface area contributed by atoms with Crippen LogP contribution in [0, 0.1) is 5.92 Å².